The maximum atomic E-state index is 13.1. The Morgan fingerprint density at radius 1 is 1.00 bits per heavy atom. The summed E-state index contributed by atoms with van der Waals surface area (Å²) in [7, 11) is 3.80. The Morgan fingerprint density at radius 3 is 2.48 bits per heavy atom. The maximum absolute atomic E-state index is 13.1. The SMILES string of the molecule is COc1cccc(-c2cc(C(=O)NCCN3CCN(C)CC3)c(-c3ccccc3)[nH]2)c1. The topological polar surface area (TPSA) is 60.6 Å². The molecule has 1 saturated heterocycles. The summed E-state index contributed by atoms with van der Waals surface area (Å²) in [6.07, 6.45) is 0. The number of nitrogens with one attached hydrogen (secondary N) is 2. The van der Waals surface area contributed by atoms with Crippen LogP contribution >= 0.6 is 0 Å². The molecule has 0 radical (unpaired) electrons. The Bertz CT molecular complexity index is 1010. The van der Waals surface area contributed by atoms with E-state index in [1.165, 1.54) is 0 Å². The minimum absolute atomic E-state index is 0.0571. The lowest BCUT2D eigenvalue weighted by Crippen LogP contribution is -2.46. The van der Waals surface area contributed by atoms with Crippen molar-refractivity contribution in [1.82, 2.24) is 20.1 Å². The third kappa shape index (κ3) is 5.16. The average molecular weight is 419 g/mol. The number of hydrogen-bond donors (Lipinski definition) is 2. The number of ether oxygens (including phenoxy) is 1. The highest BCUT2D eigenvalue weighted by Gasteiger charge is 2.19. The Balaban J connectivity index is 1.53. The van der Waals surface area contributed by atoms with Crippen molar-refractivity contribution >= 4 is 5.91 Å². The zero-order chi connectivity index (χ0) is 21.6. The van der Waals surface area contributed by atoms with Crippen LogP contribution in [0.1, 0.15) is 10.4 Å². The highest BCUT2D eigenvalue weighted by molar-refractivity contribution is 6.01. The number of rotatable bonds is 7. The third-order valence-electron chi connectivity index (χ3n) is 5.81. The first-order valence-corrected chi connectivity index (χ1v) is 10.8. The predicted molar refractivity (Wildman–Crippen MR) is 124 cm³/mol. The van der Waals surface area contributed by atoms with Crippen LogP contribution in [0.25, 0.3) is 22.5 Å². The number of carbonyl (C=O) groups is 1. The van der Waals surface area contributed by atoms with Gasteiger partial charge in [-0.15, -0.1) is 0 Å². The van der Waals surface area contributed by atoms with E-state index in [9.17, 15) is 4.79 Å². The van der Waals surface area contributed by atoms with Crippen LogP contribution in [0.5, 0.6) is 5.75 Å². The van der Waals surface area contributed by atoms with Crippen LogP contribution in [-0.2, 0) is 0 Å². The van der Waals surface area contributed by atoms with Gasteiger partial charge in [0.1, 0.15) is 5.75 Å². The van der Waals surface area contributed by atoms with E-state index < -0.39 is 0 Å². The summed E-state index contributed by atoms with van der Waals surface area (Å²) in [6, 6.07) is 19.8. The van der Waals surface area contributed by atoms with Crippen molar-refractivity contribution in [2.45, 2.75) is 0 Å². The van der Waals surface area contributed by atoms with E-state index >= 15 is 0 Å². The van der Waals surface area contributed by atoms with Crippen LogP contribution < -0.4 is 10.1 Å². The maximum Gasteiger partial charge on any atom is 0.253 e. The number of aromatic amines is 1. The standard InChI is InChI=1S/C25H30N4O2/c1-28-13-15-29(16-14-28)12-11-26-25(30)22-18-23(20-9-6-10-21(17-20)31-2)27-24(22)19-7-4-3-5-8-19/h3-10,17-18,27H,11-16H2,1-2H3,(H,26,30). The number of amides is 1. The number of aromatic nitrogens is 1. The second-order valence-electron chi connectivity index (χ2n) is 7.97. The average Bonchev–Trinajstić information content (AvgIpc) is 3.27. The van der Waals surface area contributed by atoms with Crippen LogP contribution in [0.4, 0.5) is 0 Å². The molecular weight excluding hydrogens is 388 g/mol. The van der Waals surface area contributed by atoms with Gasteiger partial charge in [0, 0.05) is 50.5 Å². The number of nitrogens with zero attached hydrogens (tertiary/aromatic N) is 2. The Hall–Kier alpha value is -3.09. The molecule has 1 aromatic heterocycles. The second kappa shape index (κ2) is 9.81. The molecule has 2 heterocycles. The molecule has 6 heteroatoms. The minimum Gasteiger partial charge on any atom is -0.497 e. The summed E-state index contributed by atoms with van der Waals surface area (Å²) in [6.45, 7) is 5.75. The van der Waals surface area contributed by atoms with E-state index in [1.54, 1.807) is 7.11 Å². The Morgan fingerprint density at radius 2 is 1.74 bits per heavy atom. The quantitative estimate of drug-likeness (QED) is 0.618. The lowest BCUT2D eigenvalue weighted by atomic mass is 10.1. The molecule has 0 saturated carbocycles. The molecule has 3 aromatic rings. The van der Waals surface area contributed by atoms with Gasteiger partial charge in [-0.1, -0.05) is 42.5 Å². The predicted octanol–water partition coefficient (Wildman–Crippen LogP) is 3.33. The van der Waals surface area contributed by atoms with Gasteiger partial charge in [-0.05, 0) is 30.8 Å². The summed E-state index contributed by atoms with van der Waals surface area (Å²) in [5, 5.41) is 3.12. The van der Waals surface area contributed by atoms with Crippen molar-refractivity contribution in [1.29, 1.82) is 0 Å². The normalized spacial score (nSPS) is 15.0. The van der Waals surface area contributed by atoms with Gasteiger partial charge in [0.05, 0.1) is 18.4 Å². The second-order valence-corrected chi connectivity index (χ2v) is 7.97. The van der Waals surface area contributed by atoms with E-state index in [0.29, 0.717) is 12.1 Å². The molecule has 0 unspecified atom stereocenters. The van der Waals surface area contributed by atoms with Crippen LogP contribution in [-0.4, -0.2) is 74.1 Å². The lowest BCUT2D eigenvalue weighted by Gasteiger charge is -2.32. The third-order valence-corrected chi connectivity index (χ3v) is 5.81. The number of methoxy groups -OCH3 is 1. The molecule has 31 heavy (non-hydrogen) atoms. The largest absolute Gasteiger partial charge is 0.497 e. The van der Waals surface area contributed by atoms with Crippen molar-refractivity contribution in [2.75, 3.05) is 53.4 Å². The molecule has 1 aliphatic heterocycles. The van der Waals surface area contributed by atoms with Gasteiger partial charge in [-0.2, -0.15) is 0 Å². The molecule has 1 aliphatic rings. The number of piperazine rings is 1. The first-order chi connectivity index (χ1) is 15.1. The van der Waals surface area contributed by atoms with Gasteiger partial charge in [0.15, 0.2) is 0 Å². The molecule has 0 bridgehead atoms. The van der Waals surface area contributed by atoms with Crippen molar-refractivity contribution in [3.05, 3.63) is 66.2 Å². The van der Waals surface area contributed by atoms with E-state index in [2.05, 4.69) is 27.1 Å². The fourth-order valence-corrected chi connectivity index (χ4v) is 3.91. The van der Waals surface area contributed by atoms with E-state index in [4.69, 9.17) is 4.74 Å². The Kier molecular flexibility index (Phi) is 6.70. The van der Waals surface area contributed by atoms with Crippen LogP contribution in [0.2, 0.25) is 0 Å². The van der Waals surface area contributed by atoms with Gasteiger partial charge in [-0.3, -0.25) is 9.69 Å². The van der Waals surface area contributed by atoms with Gasteiger partial charge >= 0.3 is 0 Å². The van der Waals surface area contributed by atoms with E-state index in [0.717, 1.165) is 61.0 Å². The van der Waals surface area contributed by atoms with Crippen molar-refractivity contribution in [3.8, 4) is 28.3 Å². The molecule has 0 atom stereocenters. The smallest absolute Gasteiger partial charge is 0.253 e. The summed E-state index contributed by atoms with van der Waals surface area (Å²) < 4.78 is 5.36. The molecular formula is C25H30N4O2. The summed E-state index contributed by atoms with van der Waals surface area (Å²) >= 11 is 0. The van der Waals surface area contributed by atoms with Gasteiger partial charge in [0.2, 0.25) is 0 Å². The molecule has 4 rings (SSSR count). The first-order valence-electron chi connectivity index (χ1n) is 10.8. The van der Waals surface area contributed by atoms with Crippen molar-refractivity contribution in [3.63, 3.8) is 0 Å². The molecule has 0 aliphatic carbocycles. The summed E-state index contributed by atoms with van der Waals surface area (Å²) in [5.74, 6) is 0.727. The van der Waals surface area contributed by atoms with Crippen molar-refractivity contribution in [2.24, 2.45) is 0 Å². The molecule has 2 aromatic carbocycles. The molecule has 0 spiro atoms. The van der Waals surface area contributed by atoms with Crippen LogP contribution in [0, 0.1) is 0 Å². The zero-order valence-electron chi connectivity index (χ0n) is 18.2. The molecule has 1 amide bonds. The van der Waals surface area contributed by atoms with Crippen molar-refractivity contribution < 1.29 is 9.53 Å². The first kappa shape index (κ1) is 21.2. The van der Waals surface area contributed by atoms with E-state index in [-0.39, 0.29) is 5.91 Å². The highest BCUT2D eigenvalue weighted by atomic mass is 16.5. The zero-order valence-corrected chi connectivity index (χ0v) is 18.2. The van der Waals surface area contributed by atoms with Crippen LogP contribution in [0.15, 0.2) is 60.7 Å². The Labute approximate surface area is 183 Å². The molecule has 162 valence electrons. The lowest BCUT2D eigenvalue weighted by molar-refractivity contribution is 0.0942. The van der Waals surface area contributed by atoms with Gasteiger partial charge in [-0.25, -0.2) is 0 Å². The van der Waals surface area contributed by atoms with Crippen LogP contribution in [0.3, 0.4) is 0 Å². The molecule has 6 nitrogen and oxygen atoms in total. The number of hydrogen-bond acceptors (Lipinski definition) is 4. The number of benzene rings is 2. The monoisotopic (exact) mass is 418 g/mol. The highest BCUT2D eigenvalue weighted by Crippen LogP contribution is 2.30. The molecule has 1 fully saturated rings. The minimum atomic E-state index is -0.0571. The number of H-pyrrole nitrogens is 1. The van der Waals surface area contributed by atoms with E-state index in [1.807, 2.05) is 60.7 Å². The molecule has 2 N–H and O–H groups in total. The number of likely N-dealkylation sites (N-methyl/N-ethyl adjacent to an activating group) is 1. The fourth-order valence-electron chi connectivity index (χ4n) is 3.91. The number of carbonyl (C=O) groups excluding carboxylic acids is 1. The fraction of sp³-hybridized carbons (Fsp3) is 0.320. The summed E-state index contributed by atoms with van der Waals surface area (Å²) in [5.41, 5.74) is 4.34. The summed E-state index contributed by atoms with van der Waals surface area (Å²) in [4.78, 5) is 21.3. The van der Waals surface area contributed by atoms with Gasteiger partial charge in [0.25, 0.3) is 5.91 Å². The van der Waals surface area contributed by atoms with Gasteiger partial charge < -0.3 is 19.9 Å².